The average molecular weight is 384 g/mol. The lowest BCUT2D eigenvalue weighted by Crippen LogP contribution is -2.27. The molecule has 4 heteroatoms. The van der Waals surface area contributed by atoms with Crippen LogP contribution in [0.1, 0.15) is 123 Å². The van der Waals surface area contributed by atoms with Crippen LogP contribution in [-0.4, -0.2) is 30.4 Å². The summed E-state index contributed by atoms with van der Waals surface area (Å²) >= 11 is 0. The van der Waals surface area contributed by atoms with Gasteiger partial charge in [0.2, 0.25) is 0 Å². The van der Waals surface area contributed by atoms with Crippen molar-refractivity contribution in [2.24, 2.45) is 0 Å². The quantitative estimate of drug-likeness (QED) is 0.194. The van der Waals surface area contributed by atoms with E-state index in [0.717, 1.165) is 45.2 Å². The summed E-state index contributed by atoms with van der Waals surface area (Å²) in [4.78, 5) is 17.1. The van der Waals surface area contributed by atoms with Crippen molar-refractivity contribution in [3.8, 4) is 0 Å². The molecule has 0 saturated carbocycles. The first-order chi connectivity index (χ1) is 13.3. The van der Waals surface area contributed by atoms with Crippen LogP contribution in [-0.2, 0) is 9.57 Å². The molecule has 27 heavy (non-hydrogen) atoms. The zero-order valence-corrected chi connectivity index (χ0v) is 18.2. The minimum absolute atomic E-state index is 0.00723. The summed E-state index contributed by atoms with van der Waals surface area (Å²) in [6, 6.07) is 0. The van der Waals surface area contributed by atoms with E-state index in [1.807, 2.05) is 0 Å². The number of unbranched alkanes of at least 4 members (excludes halogenated alkanes) is 12. The van der Waals surface area contributed by atoms with Gasteiger partial charge in [-0.2, -0.15) is 0 Å². The largest absolute Gasteiger partial charge is 0.528 e. The van der Waals surface area contributed by atoms with Gasteiger partial charge in [-0.15, -0.1) is 5.06 Å². The Morgan fingerprint density at radius 2 is 1.26 bits per heavy atom. The zero-order chi connectivity index (χ0) is 19.6. The molecular formula is C23H45NO3. The molecular weight excluding hydrogens is 338 g/mol. The predicted octanol–water partition coefficient (Wildman–Crippen LogP) is 7.41. The van der Waals surface area contributed by atoms with Crippen molar-refractivity contribution in [3.05, 3.63) is 0 Å². The van der Waals surface area contributed by atoms with E-state index < -0.39 is 6.16 Å². The van der Waals surface area contributed by atoms with E-state index in [1.54, 1.807) is 5.06 Å². The molecule has 0 amide bonds. The van der Waals surface area contributed by atoms with Gasteiger partial charge in [0.25, 0.3) is 0 Å². The number of carbonyl (C=O) groups is 1. The second-order valence-corrected chi connectivity index (χ2v) is 8.16. The number of hydrogen-bond acceptors (Lipinski definition) is 4. The maximum absolute atomic E-state index is 11.8. The van der Waals surface area contributed by atoms with E-state index in [1.165, 1.54) is 77.0 Å². The normalized spacial score (nSPS) is 15.8. The third-order valence-electron chi connectivity index (χ3n) is 5.62. The van der Waals surface area contributed by atoms with Gasteiger partial charge in [-0.05, 0) is 32.1 Å². The van der Waals surface area contributed by atoms with E-state index in [4.69, 9.17) is 9.57 Å². The molecule has 0 aromatic rings. The SMILES string of the molecule is CCCCCCCCCCCCCCCC(CC)OC(=O)ON1CCCC1. The minimum Gasteiger partial charge on any atom is -0.430 e. The summed E-state index contributed by atoms with van der Waals surface area (Å²) < 4.78 is 5.47. The Balaban J connectivity index is 1.87. The lowest BCUT2D eigenvalue weighted by atomic mass is 10.0. The van der Waals surface area contributed by atoms with Crippen molar-refractivity contribution in [2.45, 2.75) is 129 Å². The zero-order valence-electron chi connectivity index (χ0n) is 18.2. The number of hydrogen-bond donors (Lipinski definition) is 0. The minimum atomic E-state index is -0.515. The predicted molar refractivity (Wildman–Crippen MR) is 113 cm³/mol. The molecule has 0 N–H and O–H groups in total. The van der Waals surface area contributed by atoms with E-state index in [0.29, 0.717) is 0 Å². The topological polar surface area (TPSA) is 38.8 Å². The van der Waals surface area contributed by atoms with Gasteiger partial charge in [0, 0.05) is 13.1 Å². The molecule has 160 valence electrons. The van der Waals surface area contributed by atoms with Gasteiger partial charge in [-0.25, -0.2) is 4.79 Å². The van der Waals surface area contributed by atoms with Crippen molar-refractivity contribution in [1.29, 1.82) is 0 Å². The summed E-state index contributed by atoms with van der Waals surface area (Å²) in [6.07, 6.45) is 21.2. The Bertz CT molecular complexity index is 343. The summed E-state index contributed by atoms with van der Waals surface area (Å²) in [7, 11) is 0. The molecule has 1 saturated heterocycles. The van der Waals surface area contributed by atoms with Gasteiger partial charge in [0.15, 0.2) is 0 Å². The Morgan fingerprint density at radius 3 is 1.74 bits per heavy atom. The molecule has 1 rings (SSSR count). The molecule has 0 bridgehead atoms. The van der Waals surface area contributed by atoms with Crippen molar-refractivity contribution in [3.63, 3.8) is 0 Å². The number of nitrogens with zero attached hydrogens (tertiary/aromatic N) is 1. The van der Waals surface area contributed by atoms with E-state index in [2.05, 4.69) is 13.8 Å². The van der Waals surface area contributed by atoms with Crippen molar-refractivity contribution >= 4 is 6.16 Å². The fourth-order valence-corrected chi connectivity index (χ4v) is 3.78. The maximum atomic E-state index is 11.8. The van der Waals surface area contributed by atoms with Gasteiger partial charge >= 0.3 is 6.16 Å². The van der Waals surface area contributed by atoms with Crippen LogP contribution in [0, 0.1) is 0 Å². The first-order valence-electron chi connectivity index (χ1n) is 11.9. The van der Waals surface area contributed by atoms with Gasteiger partial charge in [-0.3, -0.25) is 0 Å². The van der Waals surface area contributed by atoms with Crippen LogP contribution in [0.25, 0.3) is 0 Å². The Morgan fingerprint density at radius 1 is 0.778 bits per heavy atom. The highest BCUT2D eigenvalue weighted by Crippen LogP contribution is 2.16. The summed E-state index contributed by atoms with van der Waals surface area (Å²) in [5.41, 5.74) is 0. The molecule has 0 spiro atoms. The summed E-state index contributed by atoms with van der Waals surface area (Å²) in [5.74, 6) is 0. The number of carbonyl (C=O) groups excluding carboxylic acids is 1. The van der Waals surface area contributed by atoms with Crippen molar-refractivity contribution in [1.82, 2.24) is 5.06 Å². The first-order valence-corrected chi connectivity index (χ1v) is 11.9. The number of rotatable bonds is 17. The third kappa shape index (κ3) is 14.0. The van der Waals surface area contributed by atoms with Crippen LogP contribution in [0.5, 0.6) is 0 Å². The van der Waals surface area contributed by atoms with Crippen molar-refractivity contribution in [2.75, 3.05) is 13.1 Å². The van der Waals surface area contributed by atoms with Gasteiger partial charge in [0.05, 0.1) is 0 Å². The second kappa shape index (κ2) is 17.3. The molecule has 4 nitrogen and oxygen atoms in total. The molecule has 1 fully saturated rings. The molecule has 1 aliphatic heterocycles. The van der Waals surface area contributed by atoms with Crippen LogP contribution in [0.2, 0.25) is 0 Å². The molecule has 0 radical (unpaired) electrons. The smallest absolute Gasteiger partial charge is 0.430 e. The van der Waals surface area contributed by atoms with Gasteiger partial charge in [-0.1, -0.05) is 90.9 Å². The summed E-state index contributed by atoms with van der Waals surface area (Å²) in [6.45, 7) is 6.03. The fraction of sp³-hybridized carbons (Fsp3) is 0.957. The van der Waals surface area contributed by atoms with Crippen LogP contribution >= 0.6 is 0 Å². The lowest BCUT2D eigenvalue weighted by molar-refractivity contribution is -0.121. The molecule has 1 heterocycles. The van der Waals surface area contributed by atoms with Crippen LogP contribution in [0.15, 0.2) is 0 Å². The lowest BCUT2D eigenvalue weighted by Gasteiger charge is -2.18. The van der Waals surface area contributed by atoms with E-state index in [-0.39, 0.29) is 6.10 Å². The molecule has 0 aromatic heterocycles. The fourth-order valence-electron chi connectivity index (χ4n) is 3.78. The number of ether oxygens (including phenoxy) is 1. The standard InChI is InChI=1S/C23H45NO3/c1-3-5-6-7-8-9-10-11-12-13-14-15-16-19-22(4-2)26-23(25)27-24-20-17-18-21-24/h22H,3-21H2,1-2H3. The van der Waals surface area contributed by atoms with Crippen LogP contribution < -0.4 is 0 Å². The van der Waals surface area contributed by atoms with Crippen molar-refractivity contribution < 1.29 is 14.4 Å². The van der Waals surface area contributed by atoms with Crippen LogP contribution in [0.4, 0.5) is 4.79 Å². The number of hydroxylamine groups is 2. The highest BCUT2D eigenvalue weighted by molar-refractivity contribution is 5.59. The Kier molecular flexibility index (Phi) is 15.6. The third-order valence-corrected chi connectivity index (χ3v) is 5.62. The van der Waals surface area contributed by atoms with E-state index >= 15 is 0 Å². The highest BCUT2D eigenvalue weighted by Gasteiger charge is 2.20. The Hall–Kier alpha value is -0.770. The highest BCUT2D eigenvalue weighted by atomic mass is 16.8. The summed E-state index contributed by atoms with van der Waals surface area (Å²) in [5, 5.41) is 1.72. The average Bonchev–Trinajstić information content (AvgIpc) is 3.17. The maximum Gasteiger partial charge on any atom is 0.528 e. The first kappa shape index (κ1) is 24.3. The Labute approximate surface area is 168 Å². The van der Waals surface area contributed by atoms with E-state index in [9.17, 15) is 4.79 Å². The van der Waals surface area contributed by atoms with Crippen LogP contribution in [0.3, 0.4) is 0 Å². The van der Waals surface area contributed by atoms with Gasteiger partial charge in [0.1, 0.15) is 6.10 Å². The molecule has 1 atom stereocenters. The monoisotopic (exact) mass is 383 g/mol. The van der Waals surface area contributed by atoms with Gasteiger partial charge < -0.3 is 9.57 Å². The molecule has 0 aliphatic carbocycles. The molecule has 0 aromatic carbocycles. The molecule has 1 aliphatic rings. The second-order valence-electron chi connectivity index (χ2n) is 8.16. The molecule has 1 unspecified atom stereocenters.